The number of esters is 1. The van der Waals surface area contributed by atoms with Gasteiger partial charge in [0.15, 0.2) is 13.2 Å². The SMILES string of the molecule is COC(=O)COc1ccc2c(c1)N(C(=O)Cc1ccc(-c3n[nH]c(=O)c4ccccc34)cc1)CC2.O=C(O)COc1ccc2c(c1)N(C(=O)Cc1ccc(-c3n[nH]c(=O)c4ccccc34)cc1)CC2.[Li+].[OH-]. The fourth-order valence-electron chi connectivity index (χ4n) is 8.53. The second-order valence-electron chi connectivity index (χ2n) is 16.4. The Labute approximate surface area is 417 Å². The van der Waals surface area contributed by atoms with Crippen LogP contribution in [0.4, 0.5) is 11.4 Å². The van der Waals surface area contributed by atoms with Gasteiger partial charge in [0.05, 0.1) is 53.5 Å². The van der Waals surface area contributed by atoms with Gasteiger partial charge in [-0.25, -0.2) is 19.8 Å². The number of methoxy groups -OCH3 is 1. The van der Waals surface area contributed by atoms with E-state index in [1.54, 1.807) is 46.2 Å². The number of H-pyrrole nitrogens is 2. The van der Waals surface area contributed by atoms with Crippen molar-refractivity contribution in [2.24, 2.45) is 0 Å². The largest absolute Gasteiger partial charge is 1.00 e. The van der Waals surface area contributed by atoms with Gasteiger partial charge in [0.1, 0.15) is 11.5 Å². The maximum atomic E-state index is 13.1. The van der Waals surface area contributed by atoms with Crippen LogP contribution >= 0.6 is 0 Å². The third-order valence-corrected chi connectivity index (χ3v) is 12.0. The molecule has 2 aromatic heterocycles. The molecule has 4 N–H and O–H groups in total. The first-order chi connectivity index (χ1) is 33.5. The number of carbonyl (C=O) groups excluding carboxylic acids is 3. The Bertz CT molecular complexity index is 3400. The maximum absolute atomic E-state index is 13.1. The minimum atomic E-state index is -1.05. The molecule has 0 radical (unpaired) electrons. The van der Waals surface area contributed by atoms with Crippen LogP contribution in [0.5, 0.6) is 11.5 Å². The Hall–Kier alpha value is -8.36. The van der Waals surface area contributed by atoms with Gasteiger partial charge in [0.25, 0.3) is 11.1 Å². The van der Waals surface area contributed by atoms with Crippen molar-refractivity contribution in [3.05, 3.63) is 176 Å². The number of carbonyl (C=O) groups is 4. The summed E-state index contributed by atoms with van der Waals surface area (Å²) in [6.07, 6.45) is 1.97. The second-order valence-corrected chi connectivity index (χ2v) is 16.4. The summed E-state index contributed by atoms with van der Waals surface area (Å²) in [5.41, 5.74) is 7.99. The molecule has 0 spiro atoms. The number of carboxylic acid groups (broad SMARTS) is 1. The minimum Gasteiger partial charge on any atom is -0.870 e. The van der Waals surface area contributed by atoms with Gasteiger partial charge in [0, 0.05) is 47.1 Å². The minimum absolute atomic E-state index is 0. The smallest absolute Gasteiger partial charge is 0.870 e. The van der Waals surface area contributed by atoms with Crippen LogP contribution in [0.3, 0.4) is 0 Å². The molecule has 18 heteroatoms. The summed E-state index contributed by atoms with van der Waals surface area (Å²) in [6.45, 7) is 0.551. The van der Waals surface area contributed by atoms with Crippen LogP contribution in [-0.2, 0) is 49.6 Å². The Morgan fingerprint density at radius 3 is 1.39 bits per heavy atom. The number of aromatic nitrogens is 4. The van der Waals surface area contributed by atoms with E-state index in [4.69, 9.17) is 14.6 Å². The molecule has 0 saturated heterocycles. The molecule has 0 unspecified atom stereocenters. The standard InChI is InChI=1S/C27H23N3O5.C26H21N3O5.Li.H2O/c1-34-25(32)16-35-20-11-10-18-12-13-30(23(18)15-20)24(31)14-17-6-8-19(9-7-17)26-21-4-2-3-5-22(21)27(33)29-28-26;30-23(29-12-11-17-9-10-19(14-22(17)29)34-15-24(31)32)13-16-5-7-18(8-6-16)25-20-3-1-2-4-21(20)26(33)28-27-25;;/h2-11,15H,12-14,16H2,1H3,(H,29,33);1-10,14H,11-13,15H2,(H,28,33)(H,31,32);;1H2/q;;+1;/p-1. The molecular weight excluding hydrogens is 904 g/mol. The van der Waals surface area contributed by atoms with Crippen molar-refractivity contribution < 1.29 is 62.8 Å². The molecule has 0 fully saturated rings. The number of nitrogens with zero attached hydrogens (tertiary/aromatic N) is 4. The predicted molar refractivity (Wildman–Crippen MR) is 261 cm³/mol. The number of benzene rings is 6. The summed E-state index contributed by atoms with van der Waals surface area (Å²) in [6, 6.07) is 40.7. The molecule has 8 aromatic rings. The zero-order valence-corrected chi connectivity index (χ0v) is 38.7. The number of carboxylic acids is 1. The van der Waals surface area contributed by atoms with Crippen molar-refractivity contribution in [1.82, 2.24) is 20.4 Å². The Kier molecular flexibility index (Phi) is 15.9. The predicted octanol–water partition coefficient (Wildman–Crippen LogP) is 3.29. The number of rotatable bonds is 12. The monoisotopic (exact) mass is 948 g/mol. The summed E-state index contributed by atoms with van der Waals surface area (Å²) < 4.78 is 15.4. The molecule has 354 valence electrons. The van der Waals surface area contributed by atoms with E-state index in [2.05, 4.69) is 25.1 Å². The van der Waals surface area contributed by atoms with Crippen LogP contribution in [-0.4, -0.2) is 88.1 Å². The van der Waals surface area contributed by atoms with E-state index in [0.29, 0.717) is 46.7 Å². The molecule has 0 bridgehead atoms. The number of amides is 2. The molecule has 0 aliphatic carbocycles. The average molecular weight is 949 g/mol. The number of anilines is 2. The van der Waals surface area contributed by atoms with Gasteiger partial charge < -0.3 is 34.6 Å². The summed E-state index contributed by atoms with van der Waals surface area (Å²) in [5, 5.41) is 25.1. The molecule has 6 aromatic carbocycles. The summed E-state index contributed by atoms with van der Waals surface area (Å²) >= 11 is 0. The van der Waals surface area contributed by atoms with Crippen LogP contribution in [0.25, 0.3) is 44.1 Å². The van der Waals surface area contributed by atoms with Gasteiger partial charge in [-0.05, 0) is 59.4 Å². The number of hydrogen-bond donors (Lipinski definition) is 3. The van der Waals surface area contributed by atoms with E-state index in [9.17, 15) is 28.8 Å². The summed E-state index contributed by atoms with van der Waals surface area (Å²) in [5.74, 6) is -0.651. The maximum Gasteiger partial charge on any atom is 1.00 e. The van der Waals surface area contributed by atoms with E-state index >= 15 is 0 Å². The molecule has 4 heterocycles. The average Bonchev–Trinajstić information content (AvgIpc) is 4.01. The first kappa shape index (κ1) is 50.5. The number of nitrogens with one attached hydrogen (secondary N) is 2. The number of aliphatic carboxylic acids is 1. The normalized spacial score (nSPS) is 12.1. The van der Waals surface area contributed by atoms with Gasteiger partial charge in [-0.15, -0.1) is 0 Å². The summed E-state index contributed by atoms with van der Waals surface area (Å²) in [4.78, 5) is 75.9. The Morgan fingerprint density at radius 1 is 0.577 bits per heavy atom. The van der Waals surface area contributed by atoms with Crippen molar-refractivity contribution in [3.63, 3.8) is 0 Å². The topological polar surface area (TPSA) is 244 Å². The first-order valence-electron chi connectivity index (χ1n) is 22.1. The molecule has 0 saturated carbocycles. The van der Waals surface area contributed by atoms with Crippen LogP contribution in [0.2, 0.25) is 0 Å². The van der Waals surface area contributed by atoms with Crippen LogP contribution in [0.1, 0.15) is 22.3 Å². The molecule has 71 heavy (non-hydrogen) atoms. The first-order valence-corrected chi connectivity index (χ1v) is 22.1. The van der Waals surface area contributed by atoms with Gasteiger partial charge in [-0.3, -0.25) is 19.2 Å². The van der Waals surface area contributed by atoms with Gasteiger partial charge in [0.2, 0.25) is 11.8 Å². The van der Waals surface area contributed by atoms with E-state index in [-0.39, 0.29) is 66.7 Å². The molecule has 2 amide bonds. The quantitative estimate of drug-likeness (QED) is 0.118. The zero-order chi connectivity index (χ0) is 48.0. The molecule has 0 atom stereocenters. The van der Waals surface area contributed by atoms with Crippen molar-refractivity contribution in [2.75, 3.05) is 43.2 Å². The molecule has 17 nitrogen and oxygen atoms in total. The van der Waals surface area contributed by atoms with Crippen molar-refractivity contribution in [3.8, 4) is 34.0 Å². The Morgan fingerprint density at radius 2 is 0.986 bits per heavy atom. The van der Waals surface area contributed by atoms with Crippen molar-refractivity contribution >= 4 is 56.7 Å². The number of aromatic amines is 2. The van der Waals surface area contributed by atoms with E-state index in [1.807, 2.05) is 97.1 Å². The van der Waals surface area contributed by atoms with Crippen molar-refractivity contribution in [2.45, 2.75) is 25.7 Å². The molecule has 10 rings (SSSR count). The number of hydrogen-bond acceptors (Lipinski definition) is 12. The van der Waals surface area contributed by atoms with Gasteiger partial charge >= 0.3 is 30.8 Å². The zero-order valence-electron chi connectivity index (χ0n) is 38.7. The number of fused-ring (bicyclic) bond motifs is 4. The van der Waals surface area contributed by atoms with E-state index in [1.165, 1.54) is 7.11 Å². The van der Waals surface area contributed by atoms with Crippen LogP contribution in [0, 0.1) is 0 Å². The fourth-order valence-corrected chi connectivity index (χ4v) is 8.53. The van der Waals surface area contributed by atoms with E-state index in [0.717, 1.165) is 68.4 Å². The fraction of sp³-hybridized carbons (Fsp3) is 0.170. The molecular formula is C53H45LiN6O11. The van der Waals surface area contributed by atoms with Crippen LogP contribution in [0.15, 0.2) is 143 Å². The van der Waals surface area contributed by atoms with Crippen LogP contribution < -0.4 is 49.3 Å². The van der Waals surface area contributed by atoms with E-state index < -0.39 is 18.5 Å². The number of ether oxygens (including phenoxy) is 3. The molecule has 2 aliphatic heterocycles. The Balaban J connectivity index is 0.000000203. The third-order valence-electron chi connectivity index (χ3n) is 12.0. The third kappa shape index (κ3) is 11.2. The molecule has 2 aliphatic rings. The summed E-state index contributed by atoms with van der Waals surface area (Å²) in [7, 11) is 1.31. The van der Waals surface area contributed by atoms with Gasteiger partial charge in [-0.2, -0.15) is 10.2 Å². The van der Waals surface area contributed by atoms with Crippen molar-refractivity contribution in [1.29, 1.82) is 0 Å². The van der Waals surface area contributed by atoms with Gasteiger partial charge in [-0.1, -0.05) is 97.1 Å². The second kappa shape index (κ2) is 22.4.